The smallest absolute Gasteiger partial charge is 0.163 e. The number of sulfone groups is 1. The average Bonchev–Trinajstić information content (AvgIpc) is 3.14. The van der Waals surface area contributed by atoms with E-state index in [-0.39, 0.29) is 30.8 Å². The van der Waals surface area contributed by atoms with Crippen molar-refractivity contribution in [2.75, 3.05) is 19.0 Å². The standard InChI is InChI=1S/C19H23BrO5S/c1-2-12(7-13-8-15(20)4-5-16(13)22)3-6-17-19-14(9-21)11-26(23,24)18(19)10-25-17/h4-5,7-8,17-18,21-22H,2-3,6,9-11H2,1H3/b12-7+/t17-,18+/m1/s1. The average molecular weight is 443 g/mol. The number of ether oxygens (including phenoxy) is 1. The molecule has 2 atom stereocenters. The topological polar surface area (TPSA) is 83.8 Å². The van der Waals surface area contributed by atoms with Gasteiger partial charge in [0.15, 0.2) is 9.84 Å². The Morgan fingerprint density at radius 2 is 2.19 bits per heavy atom. The van der Waals surface area contributed by atoms with Gasteiger partial charge in [-0.15, -0.1) is 0 Å². The molecule has 2 aliphatic heterocycles. The van der Waals surface area contributed by atoms with Crippen molar-refractivity contribution in [3.8, 4) is 5.75 Å². The van der Waals surface area contributed by atoms with Gasteiger partial charge in [-0.25, -0.2) is 8.42 Å². The normalized spacial score (nSPS) is 25.0. The predicted octanol–water partition coefficient (Wildman–Crippen LogP) is 3.21. The molecule has 0 aliphatic carbocycles. The van der Waals surface area contributed by atoms with Gasteiger partial charge in [0.2, 0.25) is 0 Å². The van der Waals surface area contributed by atoms with Gasteiger partial charge in [0.1, 0.15) is 11.0 Å². The summed E-state index contributed by atoms with van der Waals surface area (Å²) >= 11 is 3.41. The number of fused-ring (bicyclic) bond motifs is 1. The first kappa shape index (κ1) is 19.6. The Hall–Kier alpha value is -1.15. The van der Waals surface area contributed by atoms with Gasteiger partial charge in [0.05, 0.1) is 25.1 Å². The maximum absolute atomic E-state index is 12.2. The van der Waals surface area contributed by atoms with Gasteiger partial charge in [-0.2, -0.15) is 0 Å². The van der Waals surface area contributed by atoms with E-state index in [1.54, 1.807) is 12.1 Å². The zero-order valence-electron chi connectivity index (χ0n) is 14.6. The molecule has 1 saturated heterocycles. The molecule has 1 aromatic rings. The van der Waals surface area contributed by atoms with Crippen LogP contribution < -0.4 is 0 Å². The van der Waals surface area contributed by atoms with E-state index in [1.807, 2.05) is 12.1 Å². The summed E-state index contributed by atoms with van der Waals surface area (Å²) in [6.07, 6.45) is 3.94. The van der Waals surface area contributed by atoms with Crippen LogP contribution in [0.3, 0.4) is 0 Å². The highest BCUT2D eigenvalue weighted by molar-refractivity contribution is 9.10. The molecule has 0 bridgehead atoms. The molecule has 0 aromatic heterocycles. The second-order valence-electron chi connectivity index (χ2n) is 6.73. The lowest BCUT2D eigenvalue weighted by Gasteiger charge is -2.14. The van der Waals surface area contributed by atoms with Crippen molar-refractivity contribution in [3.63, 3.8) is 0 Å². The van der Waals surface area contributed by atoms with Crippen LogP contribution >= 0.6 is 15.9 Å². The summed E-state index contributed by atoms with van der Waals surface area (Å²) < 4.78 is 31.0. The summed E-state index contributed by atoms with van der Waals surface area (Å²) in [5, 5.41) is 18.9. The summed E-state index contributed by atoms with van der Waals surface area (Å²) in [7, 11) is -3.23. The second kappa shape index (κ2) is 7.84. The van der Waals surface area contributed by atoms with E-state index in [1.165, 1.54) is 0 Å². The maximum Gasteiger partial charge on any atom is 0.163 e. The minimum Gasteiger partial charge on any atom is -0.507 e. The molecule has 1 fully saturated rings. The number of phenolic OH excluding ortho intramolecular Hbond substituents is 1. The van der Waals surface area contributed by atoms with Gasteiger partial charge in [0, 0.05) is 10.0 Å². The summed E-state index contributed by atoms with van der Waals surface area (Å²) in [4.78, 5) is 0. The van der Waals surface area contributed by atoms with Gasteiger partial charge >= 0.3 is 0 Å². The molecule has 5 nitrogen and oxygen atoms in total. The molecule has 0 unspecified atom stereocenters. The first-order valence-electron chi connectivity index (χ1n) is 8.69. The van der Waals surface area contributed by atoms with Gasteiger partial charge in [0.25, 0.3) is 0 Å². The summed E-state index contributed by atoms with van der Waals surface area (Å²) in [5.41, 5.74) is 3.27. The SMILES string of the molecule is CC/C(=C\c1cc(Br)ccc1O)CC[C@H]1OC[C@H]2C1=C(CO)CS2(=O)=O. The Labute approximate surface area is 162 Å². The van der Waals surface area contributed by atoms with E-state index >= 15 is 0 Å². The maximum atomic E-state index is 12.2. The van der Waals surface area contributed by atoms with E-state index in [2.05, 4.69) is 22.9 Å². The zero-order valence-corrected chi connectivity index (χ0v) is 17.0. The molecule has 1 aromatic carbocycles. The quantitative estimate of drug-likeness (QED) is 0.660. The molecule has 2 aliphatic rings. The highest BCUT2D eigenvalue weighted by Crippen LogP contribution is 2.38. The fraction of sp³-hybridized carbons (Fsp3) is 0.474. The Morgan fingerprint density at radius 1 is 1.42 bits per heavy atom. The van der Waals surface area contributed by atoms with Crippen LogP contribution in [0.4, 0.5) is 0 Å². The molecule has 7 heteroatoms. The molecule has 26 heavy (non-hydrogen) atoms. The number of aliphatic hydroxyl groups excluding tert-OH is 1. The second-order valence-corrected chi connectivity index (χ2v) is 9.83. The third kappa shape index (κ3) is 3.91. The van der Waals surface area contributed by atoms with Gasteiger partial charge in [-0.05, 0) is 48.6 Å². The Kier molecular flexibility index (Phi) is 5.91. The predicted molar refractivity (Wildman–Crippen MR) is 105 cm³/mol. The van der Waals surface area contributed by atoms with Crippen LogP contribution in [-0.2, 0) is 14.6 Å². The first-order chi connectivity index (χ1) is 12.4. The lowest BCUT2D eigenvalue weighted by molar-refractivity contribution is 0.117. The number of rotatable bonds is 6. The molecule has 0 amide bonds. The number of aromatic hydroxyl groups is 1. The van der Waals surface area contributed by atoms with Crippen LogP contribution in [0.5, 0.6) is 5.75 Å². The third-order valence-corrected chi connectivity index (χ3v) is 7.58. The number of aliphatic hydroxyl groups is 1. The van der Waals surface area contributed by atoms with E-state index in [0.717, 1.165) is 34.0 Å². The molecule has 0 saturated carbocycles. The van der Waals surface area contributed by atoms with Crippen molar-refractivity contribution in [1.29, 1.82) is 0 Å². The van der Waals surface area contributed by atoms with Crippen LogP contribution in [0.15, 0.2) is 39.4 Å². The lowest BCUT2D eigenvalue weighted by Crippen LogP contribution is -2.19. The highest BCUT2D eigenvalue weighted by atomic mass is 79.9. The number of benzene rings is 1. The summed E-state index contributed by atoms with van der Waals surface area (Å²) in [6, 6.07) is 5.30. The Morgan fingerprint density at radius 3 is 2.88 bits per heavy atom. The third-order valence-electron chi connectivity index (χ3n) is 5.08. The minimum atomic E-state index is -3.23. The zero-order chi connectivity index (χ0) is 18.9. The van der Waals surface area contributed by atoms with Gasteiger partial charge in [-0.1, -0.05) is 34.5 Å². The van der Waals surface area contributed by atoms with E-state index in [0.29, 0.717) is 12.0 Å². The summed E-state index contributed by atoms with van der Waals surface area (Å²) in [5.74, 6) is 0.176. The number of phenols is 1. The van der Waals surface area contributed by atoms with Crippen LogP contribution in [0.2, 0.25) is 0 Å². The molecule has 0 radical (unpaired) electrons. The Balaban J connectivity index is 1.75. The largest absolute Gasteiger partial charge is 0.507 e. The Bertz CT molecular complexity index is 857. The van der Waals surface area contributed by atoms with E-state index in [9.17, 15) is 18.6 Å². The monoisotopic (exact) mass is 442 g/mol. The van der Waals surface area contributed by atoms with Crippen molar-refractivity contribution in [3.05, 3.63) is 45.0 Å². The van der Waals surface area contributed by atoms with Gasteiger partial charge < -0.3 is 14.9 Å². The number of hydrogen-bond donors (Lipinski definition) is 2. The molecule has 2 N–H and O–H groups in total. The van der Waals surface area contributed by atoms with Crippen LogP contribution in [0, 0.1) is 0 Å². The van der Waals surface area contributed by atoms with Crippen molar-refractivity contribution in [2.45, 2.75) is 37.5 Å². The summed E-state index contributed by atoms with van der Waals surface area (Å²) in [6.45, 7) is 2.01. The highest BCUT2D eigenvalue weighted by Gasteiger charge is 2.46. The first-order valence-corrected chi connectivity index (χ1v) is 11.2. The van der Waals surface area contributed by atoms with Crippen LogP contribution in [0.25, 0.3) is 6.08 Å². The fourth-order valence-corrected chi connectivity index (χ4v) is 5.99. The molecular weight excluding hydrogens is 420 g/mol. The molecule has 2 heterocycles. The molecule has 0 spiro atoms. The number of allylic oxidation sites excluding steroid dienone is 1. The lowest BCUT2D eigenvalue weighted by atomic mass is 9.96. The van der Waals surface area contributed by atoms with Crippen LogP contribution in [-0.4, -0.2) is 49.0 Å². The fourth-order valence-electron chi connectivity index (χ4n) is 3.67. The van der Waals surface area contributed by atoms with Gasteiger partial charge in [-0.3, -0.25) is 0 Å². The minimum absolute atomic E-state index is 0.0499. The van der Waals surface area contributed by atoms with Crippen LogP contribution in [0.1, 0.15) is 31.7 Å². The molecular formula is C19H23BrO5S. The van der Waals surface area contributed by atoms with Crippen molar-refractivity contribution in [1.82, 2.24) is 0 Å². The van der Waals surface area contributed by atoms with Crippen molar-refractivity contribution < 1.29 is 23.4 Å². The number of halogens is 1. The number of hydrogen-bond acceptors (Lipinski definition) is 5. The van der Waals surface area contributed by atoms with E-state index in [4.69, 9.17) is 4.74 Å². The van der Waals surface area contributed by atoms with Crippen molar-refractivity contribution >= 4 is 31.8 Å². The van der Waals surface area contributed by atoms with Crippen molar-refractivity contribution in [2.24, 2.45) is 0 Å². The van der Waals surface area contributed by atoms with E-state index < -0.39 is 15.1 Å². The molecule has 3 rings (SSSR count). The molecule has 142 valence electrons.